The van der Waals surface area contributed by atoms with Crippen molar-refractivity contribution in [2.24, 2.45) is 0 Å². The Labute approximate surface area is 148 Å². The van der Waals surface area contributed by atoms with Crippen molar-refractivity contribution < 1.29 is 14.2 Å². The lowest BCUT2D eigenvalue weighted by molar-refractivity contribution is 0.324. The first-order valence-corrected chi connectivity index (χ1v) is 8.27. The first-order chi connectivity index (χ1) is 12.1. The molecule has 0 aliphatic rings. The smallest absolute Gasteiger partial charge is 0.203 e. The number of ether oxygens (including phenoxy) is 3. The van der Waals surface area contributed by atoms with Gasteiger partial charge in [-0.2, -0.15) is 0 Å². The van der Waals surface area contributed by atoms with Crippen LogP contribution in [0.25, 0.3) is 10.9 Å². The summed E-state index contributed by atoms with van der Waals surface area (Å²) in [6.07, 6.45) is 2.12. The predicted octanol–water partition coefficient (Wildman–Crippen LogP) is 4.74. The molecule has 0 amide bonds. The molecule has 3 rings (SSSR count). The molecule has 25 heavy (non-hydrogen) atoms. The zero-order valence-corrected chi connectivity index (χ0v) is 15.3. The molecule has 1 aromatic heterocycles. The second-order valence-corrected chi connectivity index (χ2v) is 5.89. The van der Waals surface area contributed by atoms with Gasteiger partial charge in [0.1, 0.15) is 0 Å². The first-order valence-electron chi connectivity index (χ1n) is 8.27. The van der Waals surface area contributed by atoms with E-state index in [2.05, 4.69) is 48.1 Å². The molecule has 5 heteroatoms. The molecule has 0 unspecified atom stereocenters. The van der Waals surface area contributed by atoms with E-state index in [4.69, 9.17) is 14.2 Å². The molecule has 0 aliphatic heterocycles. The van der Waals surface area contributed by atoms with E-state index in [1.165, 1.54) is 16.5 Å². The normalized spacial score (nSPS) is 10.8. The highest BCUT2D eigenvalue weighted by molar-refractivity contribution is 5.95. The Kier molecular flexibility index (Phi) is 4.74. The van der Waals surface area contributed by atoms with Crippen molar-refractivity contribution in [3.8, 4) is 17.2 Å². The third-order valence-corrected chi connectivity index (χ3v) is 4.32. The average Bonchev–Trinajstić information content (AvgIpc) is 3.03. The van der Waals surface area contributed by atoms with Gasteiger partial charge in [-0.15, -0.1) is 0 Å². The molecule has 0 bridgehead atoms. The summed E-state index contributed by atoms with van der Waals surface area (Å²) in [5, 5.41) is 4.68. The molecule has 0 fully saturated rings. The van der Waals surface area contributed by atoms with Gasteiger partial charge in [-0.1, -0.05) is 0 Å². The van der Waals surface area contributed by atoms with Crippen LogP contribution < -0.4 is 19.5 Å². The summed E-state index contributed by atoms with van der Waals surface area (Å²) >= 11 is 0. The predicted molar refractivity (Wildman–Crippen MR) is 102 cm³/mol. The maximum absolute atomic E-state index is 5.44. The molecule has 0 atom stereocenters. The summed E-state index contributed by atoms with van der Waals surface area (Å²) in [7, 11) is 4.84. The molecule has 1 N–H and O–H groups in total. The highest BCUT2D eigenvalue weighted by Crippen LogP contribution is 2.41. The van der Waals surface area contributed by atoms with Gasteiger partial charge in [-0.05, 0) is 37.6 Å². The van der Waals surface area contributed by atoms with E-state index in [1.807, 2.05) is 12.1 Å². The second-order valence-electron chi connectivity index (χ2n) is 5.89. The number of hydrogen-bond donors (Lipinski definition) is 1. The van der Waals surface area contributed by atoms with Crippen LogP contribution in [0.3, 0.4) is 0 Å². The molecular weight excluding hydrogens is 316 g/mol. The zero-order valence-electron chi connectivity index (χ0n) is 15.3. The van der Waals surface area contributed by atoms with Crippen LogP contribution in [0.15, 0.2) is 36.5 Å². The SMILES string of the molecule is CCn1ccc2c(Nc3cc(OC)c(OC)c(OC)c3)cc(C)cc21. The molecule has 0 radical (unpaired) electrons. The lowest BCUT2D eigenvalue weighted by Crippen LogP contribution is -1.98. The number of fused-ring (bicyclic) bond motifs is 1. The van der Waals surface area contributed by atoms with Crippen molar-refractivity contribution in [2.75, 3.05) is 26.6 Å². The molecule has 0 saturated carbocycles. The van der Waals surface area contributed by atoms with E-state index < -0.39 is 0 Å². The van der Waals surface area contributed by atoms with Crippen LogP contribution in [0.1, 0.15) is 12.5 Å². The fraction of sp³-hybridized carbons (Fsp3) is 0.300. The van der Waals surface area contributed by atoms with Gasteiger partial charge < -0.3 is 24.1 Å². The summed E-state index contributed by atoms with van der Waals surface area (Å²) in [6.45, 7) is 5.19. The molecule has 0 saturated heterocycles. The maximum atomic E-state index is 5.44. The highest BCUT2D eigenvalue weighted by atomic mass is 16.5. The maximum Gasteiger partial charge on any atom is 0.203 e. The molecule has 1 heterocycles. The van der Waals surface area contributed by atoms with Gasteiger partial charge in [-0.25, -0.2) is 0 Å². The molecule has 5 nitrogen and oxygen atoms in total. The Morgan fingerprint density at radius 1 is 0.960 bits per heavy atom. The molecule has 2 aromatic carbocycles. The van der Waals surface area contributed by atoms with Crippen molar-refractivity contribution in [1.29, 1.82) is 0 Å². The monoisotopic (exact) mass is 340 g/mol. The van der Waals surface area contributed by atoms with Gasteiger partial charge in [0.15, 0.2) is 11.5 Å². The number of aryl methyl sites for hydroxylation is 2. The Morgan fingerprint density at radius 3 is 2.20 bits per heavy atom. The second kappa shape index (κ2) is 6.97. The summed E-state index contributed by atoms with van der Waals surface area (Å²) < 4.78 is 18.5. The average molecular weight is 340 g/mol. The van der Waals surface area contributed by atoms with E-state index in [0.29, 0.717) is 17.2 Å². The number of rotatable bonds is 6. The van der Waals surface area contributed by atoms with E-state index in [9.17, 15) is 0 Å². The fourth-order valence-corrected chi connectivity index (χ4v) is 3.12. The Bertz CT molecular complexity index is 874. The van der Waals surface area contributed by atoms with E-state index in [0.717, 1.165) is 17.9 Å². The number of methoxy groups -OCH3 is 3. The highest BCUT2D eigenvalue weighted by Gasteiger charge is 2.14. The molecule has 0 aliphatic carbocycles. The van der Waals surface area contributed by atoms with Crippen LogP contribution >= 0.6 is 0 Å². The van der Waals surface area contributed by atoms with Gasteiger partial charge in [0, 0.05) is 41.6 Å². The Morgan fingerprint density at radius 2 is 1.64 bits per heavy atom. The zero-order chi connectivity index (χ0) is 18.0. The number of benzene rings is 2. The largest absolute Gasteiger partial charge is 0.493 e. The summed E-state index contributed by atoms with van der Waals surface area (Å²) in [5.41, 5.74) is 4.36. The lowest BCUT2D eigenvalue weighted by Gasteiger charge is -2.16. The third kappa shape index (κ3) is 3.09. The fourth-order valence-electron chi connectivity index (χ4n) is 3.12. The minimum atomic E-state index is 0.585. The first kappa shape index (κ1) is 17.0. The summed E-state index contributed by atoms with van der Waals surface area (Å²) in [6, 6.07) is 10.3. The van der Waals surface area contributed by atoms with Crippen LogP contribution in [0.4, 0.5) is 11.4 Å². The van der Waals surface area contributed by atoms with Gasteiger partial charge in [-0.3, -0.25) is 0 Å². The number of hydrogen-bond acceptors (Lipinski definition) is 4. The van der Waals surface area contributed by atoms with Crippen molar-refractivity contribution in [1.82, 2.24) is 4.57 Å². The Hall–Kier alpha value is -2.82. The third-order valence-electron chi connectivity index (χ3n) is 4.32. The number of nitrogens with zero attached hydrogens (tertiary/aromatic N) is 1. The van der Waals surface area contributed by atoms with Gasteiger partial charge >= 0.3 is 0 Å². The topological polar surface area (TPSA) is 44.7 Å². The van der Waals surface area contributed by atoms with Crippen molar-refractivity contribution in [2.45, 2.75) is 20.4 Å². The Balaban J connectivity index is 2.08. The molecule has 0 spiro atoms. The minimum Gasteiger partial charge on any atom is -0.493 e. The number of aromatic nitrogens is 1. The van der Waals surface area contributed by atoms with Crippen LogP contribution in [-0.4, -0.2) is 25.9 Å². The van der Waals surface area contributed by atoms with E-state index in [-0.39, 0.29) is 0 Å². The molecule has 132 valence electrons. The van der Waals surface area contributed by atoms with Crippen LogP contribution in [0.5, 0.6) is 17.2 Å². The van der Waals surface area contributed by atoms with Crippen molar-refractivity contribution >= 4 is 22.3 Å². The van der Waals surface area contributed by atoms with E-state index >= 15 is 0 Å². The summed E-state index contributed by atoms with van der Waals surface area (Å²) in [5.74, 6) is 1.83. The number of anilines is 2. The standard InChI is InChI=1S/C20H24N2O3/c1-6-22-8-7-15-16(9-13(2)10-17(15)22)21-14-11-18(23-3)20(25-5)19(12-14)24-4/h7-12,21H,6H2,1-5H3. The summed E-state index contributed by atoms with van der Waals surface area (Å²) in [4.78, 5) is 0. The van der Waals surface area contributed by atoms with Gasteiger partial charge in [0.2, 0.25) is 5.75 Å². The quantitative estimate of drug-likeness (QED) is 0.704. The van der Waals surface area contributed by atoms with Gasteiger partial charge in [0.05, 0.1) is 26.8 Å². The minimum absolute atomic E-state index is 0.585. The van der Waals surface area contributed by atoms with Crippen LogP contribution in [-0.2, 0) is 6.54 Å². The molecular formula is C20H24N2O3. The number of nitrogens with one attached hydrogen (secondary N) is 1. The lowest BCUT2D eigenvalue weighted by atomic mass is 10.1. The van der Waals surface area contributed by atoms with E-state index in [1.54, 1.807) is 21.3 Å². The van der Waals surface area contributed by atoms with Crippen LogP contribution in [0, 0.1) is 6.92 Å². The van der Waals surface area contributed by atoms with Crippen molar-refractivity contribution in [3.63, 3.8) is 0 Å². The van der Waals surface area contributed by atoms with Crippen molar-refractivity contribution in [3.05, 3.63) is 42.1 Å². The van der Waals surface area contributed by atoms with Crippen LogP contribution in [0.2, 0.25) is 0 Å². The molecule has 3 aromatic rings. The van der Waals surface area contributed by atoms with Gasteiger partial charge in [0.25, 0.3) is 0 Å².